The number of benzene rings is 1. The minimum absolute atomic E-state index is 0.122. The van der Waals surface area contributed by atoms with Gasteiger partial charge in [-0.05, 0) is 51.5 Å². The van der Waals surface area contributed by atoms with Crippen molar-refractivity contribution in [2.75, 3.05) is 13.1 Å². The fourth-order valence-electron chi connectivity index (χ4n) is 2.03. The Kier molecular flexibility index (Phi) is 5.67. The molecule has 20 heavy (non-hydrogen) atoms. The van der Waals surface area contributed by atoms with E-state index in [9.17, 15) is 14.0 Å². The third-order valence-electron chi connectivity index (χ3n) is 3.23. The highest BCUT2D eigenvalue weighted by atomic mass is 19.1. The molecule has 0 aliphatic heterocycles. The fourth-order valence-corrected chi connectivity index (χ4v) is 2.03. The van der Waals surface area contributed by atoms with E-state index in [0.717, 1.165) is 0 Å². The molecular formula is C15H21FN2O2. The molecule has 1 unspecified atom stereocenters. The Morgan fingerprint density at radius 1 is 1.30 bits per heavy atom. The molecule has 5 heteroatoms. The molecule has 0 fully saturated rings. The number of nitrogens with one attached hydrogen (secondary N) is 1. The van der Waals surface area contributed by atoms with E-state index in [1.165, 1.54) is 18.2 Å². The molecule has 4 nitrogen and oxygen atoms in total. The van der Waals surface area contributed by atoms with Gasteiger partial charge in [-0.1, -0.05) is 0 Å². The van der Waals surface area contributed by atoms with Crippen molar-refractivity contribution < 1.29 is 14.0 Å². The van der Waals surface area contributed by atoms with Gasteiger partial charge in [0.1, 0.15) is 11.9 Å². The highest BCUT2D eigenvalue weighted by Crippen LogP contribution is 2.10. The largest absolute Gasteiger partial charge is 0.341 e. The topological polar surface area (TPSA) is 49.4 Å². The maximum atomic E-state index is 13.0. The van der Waals surface area contributed by atoms with Crippen LogP contribution in [0.3, 0.4) is 0 Å². The summed E-state index contributed by atoms with van der Waals surface area (Å²) in [4.78, 5) is 25.8. The highest BCUT2D eigenvalue weighted by Gasteiger charge is 2.21. The predicted molar refractivity (Wildman–Crippen MR) is 76.0 cm³/mol. The number of nitrogens with zero attached hydrogens (tertiary/aromatic N) is 1. The van der Waals surface area contributed by atoms with Crippen LogP contribution in [-0.2, 0) is 4.79 Å². The van der Waals surface area contributed by atoms with Crippen molar-refractivity contribution >= 4 is 11.8 Å². The van der Waals surface area contributed by atoms with Gasteiger partial charge in [-0.15, -0.1) is 0 Å². The number of hydrogen-bond donors (Lipinski definition) is 1. The molecule has 1 atom stereocenters. The number of aryl methyl sites for hydroxylation is 1. The van der Waals surface area contributed by atoms with Crippen molar-refractivity contribution in [3.05, 3.63) is 35.1 Å². The zero-order valence-electron chi connectivity index (χ0n) is 12.4. The summed E-state index contributed by atoms with van der Waals surface area (Å²) < 4.78 is 13.0. The van der Waals surface area contributed by atoms with Crippen molar-refractivity contribution in [2.24, 2.45) is 0 Å². The minimum atomic E-state index is -0.605. The average Bonchev–Trinajstić information content (AvgIpc) is 2.39. The van der Waals surface area contributed by atoms with Crippen molar-refractivity contribution in [3.8, 4) is 0 Å². The van der Waals surface area contributed by atoms with Crippen LogP contribution in [0.1, 0.15) is 36.7 Å². The molecule has 0 saturated carbocycles. The van der Waals surface area contributed by atoms with Gasteiger partial charge in [-0.3, -0.25) is 9.59 Å². The van der Waals surface area contributed by atoms with E-state index < -0.39 is 6.04 Å². The Bertz CT molecular complexity index is 499. The van der Waals surface area contributed by atoms with Gasteiger partial charge in [-0.2, -0.15) is 0 Å². The van der Waals surface area contributed by atoms with E-state index >= 15 is 0 Å². The van der Waals surface area contributed by atoms with Crippen LogP contribution in [0.15, 0.2) is 18.2 Å². The molecule has 1 N–H and O–H groups in total. The number of rotatable bonds is 5. The second kappa shape index (κ2) is 7.03. The van der Waals surface area contributed by atoms with Gasteiger partial charge >= 0.3 is 0 Å². The maximum Gasteiger partial charge on any atom is 0.252 e. The lowest BCUT2D eigenvalue weighted by Gasteiger charge is -2.23. The standard InChI is InChI=1S/C15H21FN2O2/c1-5-18(6-2)15(20)11(4)17-14(19)13-8-7-12(16)9-10(13)3/h7-9,11H,5-6H2,1-4H3,(H,17,19). The number of hydrogen-bond acceptors (Lipinski definition) is 2. The minimum Gasteiger partial charge on any atom is -0.341 e. The van der Waals surface area contributed by atoms with Crippen LogP contribution >= 0.6 is 0 Å². The monoisotopic (exact) mass is 280 g/mol. The van der Waals surface area contributed by atoms with Crippen LogP contribution in [0, 0.1) is 12.7 Å². The number of halogens is 1. The maximum absolute atomic E-state index is 13.0. The molecule has 0 bridgehead atoms. The summed E-state index contributed by atoms with van der Waals surface area (Å²) in [5, 5.41) is 2.65. The van der Waals surface area contributed by atoms with Crippen LogP contribution in [-0.4, -0.2) is 35.8 Å². The summed E-state index contributed by atoms with van der Waals surface area (Å²) in [5.74, 6) is -0.870. The lowest BCUT2D eigenvalue weighted by Crippen LogP contribution is -2.46. The molecule has 110 valence electrons. The third-order valence-corrected chi connectivity index (χ3v) is 3.23. The van der Waals surface area contributed by atoms with Gasteiger partial charge < -0.3 is 10.2 Å². The lowest BCUT2D eigenvalue weighted by atomic mass is 10.1. The van der Waals surface area contributed by atoms with E-state index in [-0.39, 0.29) is 17.6 Å². The number of carbonyl (C=O) groups excluding carboxylic acids is 2. The SMILES string of the molecule is CCN(CC)C(=O)C(C)NC(=O)c1ccc(F)cc1C. The molecule has 2 amide bonds. The van der Waals surface area contributed by atoms with Gasteiger partial charge in [0, 0.05) is 18.7 Å². The number of carbonyl (C=O) groups is 2. The summed E-state index contributed by atoms with van der Waals surface area (Å²) in [7, 11) is 0. The van der Waals surface area contributed by atoms with E-state index in [0.29, 0.717) is 24.2 Å². The fraction of sp³-hybridized carbons (Fsp3) is 0.467. The molecule has 1 aromatic rings. The first-order valence-electron chi connectivity index (χ1n) is 6.76. The Morgan fingerprint density at radius 2 is 1.90 bits per heavy atom. The first-order valence-corrected chi connectivity index (χ1v) is 6.76. The summed E-state index contributed by atoms with van der Waals surface area (Å²) in [6.07, 6.45) is 0. The number of likely N-dealkylation sites (N-methyl/N-ethyl adjacent to an activating group) is 1. The van der Waals surface area contributed by atoms with Crippen LogP contribution in [0.5, 0.6) is 0 Å². The van der Waals surface area contributed by atoms with Gasteiger partial charge in [0.2, 0.25) is 5.91 Å². The highest BCUT2D eigenvalue weighted by molar-refractivity contribution is 5.98. The van der Waals surface area contributed by atoms with Crippen LogP contribution in [0.2, 0.25) is 0 Å². The lowest BCUT2D eigenvalue weighted by molar-refractivity contribution is -0.132. The summed E-state index contributed by atoms with van der Waals surface area (Å²) in [6.45, 7) is 8.29. The molecule has 0 aliphatic carbocycles. The van der Waals surface area contributed by atoms with Crippen molar-refractivity contribution in [2.45, 2.75) is 33.7 Å². The van der Waals surface area contributed by atoms with Gasteiger partial charge in [0.15, 0.2) is 0 Å². The second-order valence-electron chi connectivity index (χ2n) is 4.66. The zero-order chi connectivity index (χ0) is 15.3. The van der Waals surface area contributed by atoms with Gasteiger partial charge in [0.25, 0.3) is 5.91 Å². The molecule has 0 spiro atoms. The van der Waals surface area contributed by atoms with E-state index in [4.69, 9.17) is 0 Å². The van der Waals surface area contributed by atoms with Crippen molar-refractivity contribution in [1.29, 1.82) is 0 Å². The predicted octanol–water partition coefficient (Wildman–Crippen LogP) is 2.12. The van der Waals surface area contributed by atoms with Crippen LogP contribution in [0.25, 0.3) is 0 Å². The quantitative estimate of drug-likeness (QED) is 0.898. The van der Waals surface area contributed by atoms with Crippen molar-refractivity contribution in [1.82, 2.24) is 10.2 Å². The second-order valence-corrected chi connectivity index (χ2v) is 4.66. The summed E-state index contributed by atoms with van der Waals surface area (Å²) >= 11 is 0. The van der Waals surface area contributed by atoms with Crippen LogP contribution in [0.4, 0.5) is 4.39 Å². The van der Waals surface area contributed by atoms with Crippen molar-refractivity contribution in [3.63, 3.8) is 0 Å². The van der Waals surface area contributed by atoms with Crippen LogP contribution < -0.4 is 5.32 Å². The molecule has 0 aromatic heterocycles. The summed E-state index contributed by atoms with van der Waals surface area (Å²) in [5.41, 5.74) is 0.926. The zero-order valence-corrected chi connectivity index (χ0v) is 12.4. The molecule has 1 aromatic carbocycles. The Balaban J connectivity index is 2.77. The smallest absolute Gasteiger partial charge is 0.252 e. The van der Waals surface area contributed by atoms with Gasteiger partial charge in [0.05, 0.1) is 0 Å². The molecular weight excluding hydrogens is 259 g/mol. The Morgan fingerprint density at radius 3 is 2.40 bits per heavy atom. The Labute approximate surface area is 119 Å². The average molecular weight is 280 g/mol. The normalized spacial score (nSPS) is 11.8. The first kappa shape index (κ1) is 16.1. The molecule has 0 aliphatic rings. The molecule has 0 heterocycles. The van der Waals surface area contributed by atoms with E-state index in [2.05, 4.69) is 5.32 Å². The molecule has 0 saturated heterocycles. The Hall–Kier alpha value is -1.91. The van der Waals surface area contributed by atoms with E-state index in [1.807, 2.05) is 13.8 Å². The van der Waals surface area contributed by atoms with Gasteiger partial charge in [-0.25, -0.2) is 4.39 Å². The third kappa shape index (κ3) is 3.79. The summed E-state index contributed by atoms with van der Waals surface area (Å²) in [6, 6.07) is 3.35. The molecule has 0 radical (unpaired) electrons. The van der Waals surface area contributed by atoms with E-state index in [1.54, 1.807) is 18.7 Å². The molecule has 1 rings (SSSR count). The first-order chi connectivity index (χ1) is 9.40. The number of amides is 2.